The Morgan fingerprint density at radius 1 is 1.20 bits per heavy atom. The van der Waals surface area contributed by atoms with Crippen molar-refractivity contribution >= 4 is 22.8 Å². The molecule has 0 radical (unpaired) electrons. The first-order valence-corrected chi connectivity index (χ1v) is 7.67. The topological polar surface area (TPSA) is 37.9 Å². The Kier molecular flexibility index (Phi) is 3.65. The van der Waals surface area contributed by atoms with Gasteiger partial charge in [-0.2, -0.15) is 0 Å². The second-order valence-corrected chi connectivity index (χ2v) is 5.42. The van der Waals surface area contributed by atoms with Gasteiger partial charge in [-0.05, 0) is 17.9 Å². The summed E-state index contributed by atoms with van der Waals surface area (Å²) in [6, 6.07) is 14.4. The van der Waals surface area contributed by atoms with Gasteiger partial charge >= 0.3 is 0 Å². The van der Waals surface area contributed by atoms with Crippen LogP contribution in [-0.2, 0) is 6.42 Å². The van der Waals surface area contributed by atoms with E-state index in [1.165, 1.54) is 5.56 Å². The predicted molar refractivity (Wildman–Crippen MR) is 83.7 cm³/mol. The number of hydrogen-bond acceptors (Lipinski definition) is 3. The minimum absolute atomic E-state index is 0.812. The number of nitrogens with zero attached hydrogens (tertiary/aromatic N) is 1. The van der Waals surface area contributed by atoms with Gasteiger partial charge in [-0.3, -0.25) is 0 Å². The van der Waals surface area contributed by atoms with Crippen LogP contribution in [0.4, 0.5) is 0 Å². The molecule has 102 valence electrons. The van der Waals surface area contributed by atoms with E-state index in [1.807, 2.05) is 30.5 Å². The molecule has 0 saturated carbocycles. The molecule has 0 aliphatic carbocycles. The fourth-order valence-corrected chi connectivity index (χ4v) is 2.84. The van der Waals surface area contributed by atoms with E-state index < -0.39 is 0 Å². The average molecular weight is 284 g/mol. The summed E-state index contributed by atoms with van der Waals surface area (Å²) in [5.74, 6) is 1.87. The van der Waals surface area contributed by atoms with Gasteiger partial charge in [0.05, 0.1) is 23.0 Å². The monoisotopic (exact) mass is 284 g/mol. The SMILES string of the molecule is COc1cc2[nH]c(Cc3ccccc3)nc2cc1SC. The number of nitrogens with one attached hydrogen (secondary N) is 1. The number of aromatic nitrogens is 2. The van der Waals surface area contributed by atoms with Crippen LogP contribution in [-0.4, -0.2) is 23.3 Å². The van der Waals surface area contributed by atoms with Crippen molar-refractivity contribution in [2.75, 3.05) is 13.4 Å². The van der Waals surface area contributed by atoms with E-state index in [1.54, 1.807) is 18.9 Å². The summed E-state index contributed by atoms with van der Waals surface area (Å²) < 4.78 is 5.40. The van der Waals surface area contributed by atoms with Crippen molar-refractivity contribution in [3.63, 3.8) is 0 Å². The van der Waals surface area contributed by atoms with Gasteiger partial charge in [0.2, 0.25) is 0 Å². The molecule has 0 bridgehead atoms. The van der Waals surface area contributed by atoms with Crippen LogP contribution in [0.1, 0.15) is 11.4 Å². The maximum absolute atomic E-state index is 5.40. The minimum Gasteiger partial charge on any atom is -0.496 e. The molecule has 1 heterocycles. The van der Waals surface area contributed by atoms with Crippen molar-refractivity contribution < 1.29 is 4.74 Å². The van der Waals surface area contributed by atoms with Gasteiger partial charge in [-0.25, -0.2) is 4.98 Å². The van der Waals surface area contributed by atoms with Crippen LogP contribution < -0.4 is 4.74 Å². The lowest BCUT2D eigenvalue weighted by Gasteiger charge is -2.04. The van der Waals surface area contributed by atoms with Gasteiger partial charge in [-0.1, -0.05) is 30.3 Å². The summed E-state index contributed by atoms with van der Waals surface area (Å²) in [5.41, 5.74) is 3.26. The van der Waals surface area contributed by atoms with Crippen LogP contribution >= 0.6 is 11.8 Å². The number of H-pyrrole nitrogens is 1. The molecule has 3 aromatic rings. The van der Waals surface area contributed by atoms with Crippen molar-refractivity contribution in [1.82, 2.24) is 9.97 Å². The summed E-state index contributed by atoms with van der Waals surface area (Å²) in [7, 11) is 1.70. The Hall–Kier alpha value is -1.94. The quantitative estimate of drug-likeness (QED) is 0.739. The summed E-state index contributed by atoms with van der Waals surface area (Å²) >= 11 is 1.67. The molecule has 2 aromatic carbocycles. The van der Waals surface area contributed by atoms with Gasteiger partial charge in [0, 0.05) is 12.5 Å². The van der Waals surface area contributed by atoms with Gasteiger partial charge in [0.25, 0.3) is 0 Å². The Morgan fingerprint density at radius 2 is 2.00 bits per heavy atom. The number of thioether (sulfide) groups is 1. The Bertz CT molecular complexity index is 681. The van der Waals surface area contributed by atoms with Crippen molar-refractivity contribution in [3.05, 3.63) is 53.9 Å². The number of ether oxygens (including phenoxy) is 1. The van der Waals surface area contributed by atoms with Gasteiger partial charge < -0.3 is 9.72 Å². The minimum atomic E-state index is 0.812. The second-order valence-electron chi connectivity index (χ2n) is 4.57. The number of hydrogen-bond donors (Lipinski definition) is 1. The highest BCUT2D eigenvalue weighted by molar-refractivity contribution is 7.98. The van der Waals surface area contributed by atoms with Gasteiger partial charge in [0.15, 0.2) is 0 Å². The van der Waals surface area contributed by atoms with E-state index in [0.29, 0.717) is 0 Å². The van der Waals surface area contributed by atoms with Crippen molar-refractivity contribution in [3.8, 4) is 5.75 Å². The van der Waals surface area contributed by atoms with E-state index in [0.717, 1.165) is 33.9 Å². The Balaban J connectivity index is 1.98. The van der Waals surface area contributed by atoms with Crippen LogP contribution in [0.2, 0.25) is 0 Å². The standard InChI is InChI=1S/C16H16N2OS/c1-19-14-9-12-13(10-15(14)20-2)18-16(17-12)8-11-6-4-3-5-7-11/h3-7,9-10H,8H2,1-2H3,(H,17,18). The number of rotatable bonds is 4. The molecule has 3 rings (SSSR count). The first kappa shape index (κ1) is 13.1. The molecule has 1 aromatic heterocycles. The highest BCUT2D eigenvalue weighted by Crippen LogP contribution is 2.31. The summed E-state index contributed by atoms with van der Waals surface area (Å²) in [4.78, 5) is 9.15. The Labute approximate surface area is 122 Å². The van der Waals surface area contributed by atoms with Crippen molar-refractivity contribution in [2.45, 2.75) is 11.3 Å². The fraction of sp³-hybridized carbons (Fsp3) is 0.188. The molecule has 3 nitrogen and oxygen atoms in total. The molecule has 0 saturated heterocycles. The zero-order chi connectivity index (χ0) is 13.9. The molecule has 0 amide bonds. The highest BCUT2D eigenvalue weighted by atomic mass is 32.2. The molecular formula is C16H16N2OS. The van der Waals surface area contributed by atoms with Crippen LogP contribution in [0, 0.1) is 0 Å². The lowest BCUT2D eigenvalue weighted by atomic mass is 10.1. The van der Waals surface area contributed by atoms with E-state index in [-0.39, 0.29) is 0 Å². The molecule has 1 N–H and O–H groups in total. The molecule has 0 unspecified atom stereocenters. The summed E-state index contributed by atoms with van der Waals surface area (Å²) in [6.07, 6.45) is 2.85. The smallest absolute Gasteiger partial charge is 0.134 e. The molecule has 4 heteroatoms. The van der Waals surface area contributed by atoms with Crippen LogP contribution in [0.15, 0.2) is 47.4 Å². The second kappa shape index (κ2) is 5.59. The lowest BCUT2D eigenvalue weighted by molar-refractivity contribution is 0.405. The van der Waals surface area contributed by atoms with E-state index >= 15 is 0 Å². The normalized spacial score (nSPS) is 10.9. The maximum Gasteiger partial charge on any atom is 0.134 e. The number of benzene rings is 2. The number of aromatic amines is 1. The highest BCUT2D eigenvalue weighted by Gasteiger charge is 2.09. The lowest BCUT2D eigenvalue weighted by Crippen LogP contribution is -1.89. The molecule has 0 aliphatic rings. The van der Waals surface area contributed by atoms with Gasteiger partial charge in [-0.15, -0.1) is 11.8 Å². The fourth-order valence-electron chi connectivity index (χ4n) is 2.26. The number of imidazole rings is 1. The average Bonchev–Trinajstić information content (AvgIpc) is 2.87. The zero-order valence-electron chi connectivity index (χ0n) is 11.5. The summed E-state index contributed by atoms with van der Waals surface area (Å²) in [6.45, 7) is 0. The number of methoxy groups -OCH3 is 1. The van der Waals surface area contributed by atoms with Crippen LogP contribution in [0.3, 0.4) is 0 Å². The van der Waals surface area contributed by atoms with E-state index in [9.17, 15) is 0 Å². The molecular weight excluding hydrogens is 268 g/mol. The van der Waals surface area contributed by atoms with Gasteiger partial charge in [0.1, 0.15) is 11.6 Å². The first-order valence-electron chi connectivity index (χ1n) is 6.44. The first-order chi connectivity index (χ1) is 9.80. The van der Waals surface area contributed by atoms with Crippen molar-refractivity contribution in [2.24, 2.45) is 0 Å². The molecule has 20 heavy (non-hydrogen) atoms. The third kappa shape index (κ3) is 2.51. The van der Waals surface area contributed by atoms with Crippen molar-refractivity contribution in [1.29, 1.82) is 0 Å². The van der Waals surface area contributed by atoms with E-state index in [4.69, 9.17) is 4.74 Å². The third-order valence-electron chi connectivity index (χ3n) is 3.25. The summed E-state index contributed by atoms with van der Waals surface area (Å²) in [5, 5.41) is 0. The zero-order valence-corrected chi connectivity index (χ0v) is 12.3. The molecule has 0 spiro atoms. The molecule has 0 fully saturated rings. The molecule has 0 atom stereocenters. The maximum atomic E-state index is 5.40. The van der Waals surface area contributed by atoms with E-state index in [2.05, 4.69) is 28.2 Å². The number of fused-ring (bicyclic) bond motifs is 1. The predicted octanol–water partition coefficient (Wildman–Crippen LogP) is 3.88. The largest absolute Gasteiger partial charge is 0.496 e. The third-order valence-corrected chi connectivity index (χ3v) is 4.01. The molecule has 0 aliphatic heterocycles. The van der Waals surface area contributed by atoms with Crippen LogP contribution in [0.5, 0.6) is 5.75 Å². The Morgan fingerprint density at radius 3 is 2.70 bits per heavy atom. The van der Waals surface area contributed by atoms with Crippen LogP contribution in [0.25, 0.3) is 11.0 Å².